The van der Waals surface area contributed by atoms with Crippen LogP contribution in [0.4, 0.5) is 0 Å². The van der Waals surface area contributed by atoms with Crippen LogP contribution in [-0.2, 0) is 5.41 Å². The Hall–Kier alpha value is -1.30. The van der Waals surface area contributed by atoms with E-state index in [1.54, 1.807) is 18.1 Å². The number of hydrogen-bond donors (Lipinski definition) is 0. The molecule has 2 aromatic heterocycles. The van der Waals surface area contributed by atoms with Gasteiger partial charge in [-0.1, -0.05) is 32.5 Å². The van der Waals surface area contributed by atoms with Crippen LogP contribution >= 0.6 is 11.8 Å². The van der Waals surface area contributed by atoms with E-state index in [1.165, 1.54) is 0 Å². The van der Waals surface area contributed by atoms with Gasteiger partial charge in [0.25, 0.3) is 0 Å². The number of nitrogens with zero attached hydrogens (tertiary/aromatic N) is 4. The summed E-state index contributed by atoms with van der Waals surface area (Å²) in [5.41, 5.74) is -0.0202. The first kappa shape index (κ1) is 15.1. The number of aromatic nitrogens is 4. The minimum atomic E-state index is -0.0202. The van der Waals surface area contributed by atoms with E-state index in [9.17, 15) is 0 Å². The standard InChI is InChI=1S/C14H22N4OS/c1-9(2)18-8-16-17-13(18)20-10(3)12-15-7-11(19-12)14(4,5)6/h7-10H,1-6H3. The highest BCUT2D eigenvalue weighted by atomic mass is 32.2. The quantitative estimate of drug-likeness (QED) is 0.798. The minimum absolute atomic E-state index is 0.0202. The van der Waals surface area contributed by atoms with E-state index in [-0.39, 0.29) is 10.7 Å². The zero-order valence-corrected chi connectivity index (χ0v) is 13.7. The number of oxazole rings is 1. The molecule has 5 nitrogen and oxygen atoms in total. The van der Waals surface area contributed by atoms with Gasteiger partial charge in [-0.15, -0.1) is 10.2 Å². The molecule has 2 aromatic rings. The lowest BCUT2D eigenvalue weighted by atomic mass is 9.94. The Morgan fingerprint density at radius 1 is 1.25 bits per heavy atom. The first-order valence-electron chi connectivity index (χ1n) is 6.81. The maximum Gasteiger partial charge on any atom is 0.207 e. The molecule has 2 rings (SSSR count). The molecule has 0 N–H and O–H groups in total. The maximum atomic E-state index is 5.87. The summed E-state index contributed by atoms with van der Waals surface area (Å²) in [5.74, 6) is 1.64. The molecule has 0 bridgehead atoms. The van der Waals surface area contributed by atoms with E-state index in [0.717, 1.165) is 16.8 Å². The third-order valence-corrected chi connectivity index (χ3v) is 4.05. The van der Waals surface area contributed by atoms with Crippen LogP contribution < -0.4 is 0 Å². The van der Waals surface area contributed by atoms with Crippen molar-refractivity contribution in [3.63, 3.8) is 0 Å². The van der Waals surface area contributed by atoms with Crippen LogP contribution in [0.1, 0.15) is 64.5 Å². The zero-order valence-electron chi connectivity index (χ0n) is 12.9. The van der Waals surface area contributed by atoms with Gasteiger partial charge in [0.1, 0.15) is 12.1 Å². The third kappa shape index (κ3) is 3.23. The van der Waals surface area contributed by atoms with E-state index in [0.29, 0.717) is 6.04 Å². The molecule has 0 radical (unpaired) electrons. The van der Waals surface area contributed by atoms with Crippen molar-refractivity contribution in [2.45, 2.75) is 63.4 Å². The largest absolute Gasteiger partial charge is 0.444 e. The fourth-order valence-corrected chi connectivity index (χ4v) is 2.70. The second-order valence-corrected chi connectivity index (χ2v) is 7.50. The SMILES string of the molecule is CC(Sc1nncn1C(C)C)c1ncc(C(C)(C)C)o1. The molecule has 2 heterocycles. The summed E-state index contributed by atoms with van der Waals surface area (Å²) in [7, 11) is 0. The van der Waals surface area contributed by atoms with Crippen molar-refractivity contribution in [2.75, 3.05) is 0 Å². The van der Waals surface area contributed by atoms with Crippen LogP contribution in [0.2, 0.25) is 0 Å². The summed E-state index contributed by atoms with van der Waals surface area (Å²) in [6.07, 6.45) is 3.58. The fourth-order valence-electron chi connectivity index (χ4n) is 1.70. The Labute approximate surface area is 124 Å². The van der Waals surface area contributed by atoms with Gasteiger partial charge < -0.3 is 8.98 Å². The lowest BCUT2D eigenvalue weighted by Gasteiger charge is -2.14. The van der Waals surface area contributed by atoms with E-state index >= 15 is 0 Å². The van der Waals surface area contributed by atoms with Crippen LogP contribution in [-0.4, -0.2) is 19.7 Å². The second kappa shape index (κ2) is 5.60. The monoisotopic (exact) mass is 294 g/mol. The average Bonchev–Trinajstić information content (AvgIpc) is 2.95. The first-order chi connectivity index (χ1) is 9.29. The summed E-state index contributed by atoms with van der Waals surface area (Å²) in [6.45, 7) is 12.6. The molecule has 0 aliphatic rings. The topological polar surface area (TPSA) is 56.7 Å². The highest BCUT2D eigenvalue weighted by Crippen LogP contribution is 2.35. The van der Waals surface area contributed by atoms with Gasteiger partial charge in [-0.2, -0.15) is 0 Å². The molecule has 0 amide bonds. The Morgan fingerprint density at radius 3 is 2.50 bits per heavy atom. The number of rotatable bonds is 4. The Balaban J connectivity index is 2.14. The van der Waals surface area contributed by atoms with Gasteiger partial charge in [0.05, 0.1) is 11.4 Å². The lowest BCUT2D eigenvalue weighted by molar-refractivity contribution is 0.383. The molecule has 20 heavy (non-hydrogen) atoms. The first-order valence-corrected chi connectivity index (χ1v) is 7.69. The molecule has 0 aromatic carbocycles. The molecule has 0 saturated carbocycles. The van der Waals surface area contributed by atoms with Crippen LogP contribution in [0.3, 0.4) is 0 Å². The molecule has 1 unspecified atom stereocenters. The Kier molecular flexibility index (Phi) is 4.22. The summed E-state index contributed by atoms with van der Waals surface area (Å²) < 4.78 is 7.92. The van der Waals surface area contributed by atoms with Crippen molar-refractivity contribution >= 4 is 11.8 Å². The average molecular weight is 294 g/mol. The molecule has 0 saturated heterocycles. The number of thioether (sulfide) groups is 1. The van der Waals surface area contributed by atoms with Crippen LogP contribution in [0, 0.1) is 0 Å². The summed E-state index contributed by atoms with van der Waals surface area (Å²) in [5, 5.41) is 9.14. The summed E-state index contributed by atoms with van der Waals surface area (Å²) in [4.78, 5) is 4.39. The van der Waals surface area contributed by atoms with Gasteiger partial charge >= 0.3 is 0 Å². The third-order valence-electron chi connectivity index (χ3n) is 2.99. The van der Waals surface area contributed by atoms with Gasteiger partial charge in [0.15, 0.2) is 5.16 Å². The van der Waals surface area contributed by atoms with Crippen molar-refractivity contribution in [3.8, 4) is 0 Å². The van der Waals surface area contributed by atoms with E-state index < -0.39 is 0 Å². The molecule has 110 valence electrons. The van der Waals surface area contributed by atoms with E-state index in [4.69, 9.17) is 4.42 Å². The van der Waals surface area contributed by atoms with Crippen molar-refractivity contribution in [2.24, 2.45) is 0 Å². The Bertz CT molecular complexity index is 568. The maximum absolute atomic E-state index is 5.87. The highest BCUT2D eigenvalue weighted by Gasteiger charge is 2.23. The van der Waals surface area contributed by atoms with E-state index in [2.05, 4.69) is 61.3 Å². The molecule has 0 spiro atoms. The highest BCUT2D eigenvalue weighted by molar-refractivity contribution is 7.99. The molecular weight excluding hydrogens is 272 g/mol. The smallest absolute Gasteiger partial charge is 0.207 e. The van der Waals surface area contributed by atoms with Crippen molar-refractivity contribution in [1.82, 2.24) is 19.7 Å². The Morgan fingerprint density at radius 2 is 1.95 bits per heavy atom. The predicted octanol–water partition coefficient (Wildman–Crippen LogP) is 4.00. The normalized spacial score (nSPS) is 13.9. The van der Waals surface area contributed by atoms with Gasteiger partial charge in [-0.25, -0.2) is 4.98 Å². The van der Waals surface area contributed by atoms with Gasteiger partial charge in [0.2, 0.25) is 5.89 Å². The van der Waals surface area contributed by atoms with E-state index in [1.807, 2.05) is 6.20 Å². The predicted molar refractivity (Wildman–Crippen MR) is 79.9 cm³/mol. The lowest BCUT2D eigenvalue weighted by Crippen LogP contribution is -2.09. The molecule has 0 fully saturated rings. The zero-order chi connectivity index (χ0) is 14.9. The minimum Gasteiger partial charge on any atom is -0.444 e. The molecular formula is C14H22N4OS. The van der Waals surface area contributed by atoms with Gasteiger partial charge in [-0.05, 0) is 20.8 Å². The summed E-state index contributed by atoms with van der Waals surface area (Å²) in [6, 6.07) is 0.342. The van der Waals surface area contributed by atoms with Crippen LogP contribution in [0.25, 0.3) is 0 Å². The van der Waals surface area contributed by atoms with Crippen LogP contribution in [0.5, 0.6) is 0 Å². The van der Waals surface area contributed by atoms with Crippen molar-refractivity contribution < 1.29 is 4.42 Å². The van der Waals surface area contributed by atoms with Crippen molar-refractivity contribution in [3.05, 3.63) is 24.2 Å². The van der Waals surface area contributed by atoms with Crippen molar-refractivity contribution in [1.29, 1.82) is 0 Å². The second-order valence-electron chi connectivity index (χ2n) is 6.19. The van der Waals surface area contributed by atoms with Crippen LogP contribution in [0.15, 0.2) is 22.1 Å². The molecule has 0 aliphatic carbocycles. The van der Waals surface area contributed by atoms with Gasteiger partial charge in [-0.3, -0.25) is 0 Å². The fraction of sp³-hybridized carbons (Fsp3) is 0.643. The number of hydrogen-bond acceptors (Lipinski definition) is 5. The van der Waals surface area contributed by atoms with Gasteiger partial charge in [0, 0.05) is 11.5 Å². The molecule has 1 atom stereocenters. The molecule has 0 aliphatic heterocycles. The molecule has 6 heteroatoms. The summed E-state index contributed by atoms with van der Waals surface area (Å²) >= 11 is 1.62.